The van der Waals surface area contributed by atoms with Crippen LogP contribution in [0, 0.1) is 5.92 Å². The smallest absolute Gasteiger partial charge is 0.207 e. The number of nitrogens with zero attached hydrogens (tertiary/aromatic N) is 1. The van der Waals surface area contributed by atoms with Crippen molar-refractivity contribution in [2.75, 3.05) is 13.6 Å². The summed E-state index contributed by atoms with van der Waals surface area (Å²) in [5, 5.41) is 0. The summed E-state index contributed by atoms with van der Waals surface area (Å²) in [4.78, 5) is 0.852. The van der Waals surface area contributed by atoms with Gasteiger partial charge >= 0.3 is 0 Å². The summed E-state index contributed by atoms with van der Waals surface area (Å²) < 4.78 is 27.8. The first-order chi connectivity index (χ1) is 8.80. The van der Waals surface area contributed by atoms with E-state index in [2.05, 4.69) is 47.8 Å². The highest BCUT2D eigenvalue weighted by Crippen LogP contribution is 2.35. The fourth-order valence-corrected chi connectivity index (χ4v) is 5.87. The third-order valence-electron chi connectivity index (χ3n) is 3.27. The molecular formula is C12H14Br3NO2S. The van der Waals surface area contributed by atoms with Crippen LogP contribution in [-0.4, -0.2) is 31.1 Å². The second kappa shape index (κ2) is 6.13. The van der Waals surface area contributed by atoms with Crippen LogP contribution in [0.15, 0.2) is 32.0 Å². The first-order valence-electron chi connectivity index (χ1n) is 5.86. The normalized spacial score (nSPS) is 23.4. The van der Waals surface area contributed by atoms with E-state index in [4.69, 9.17) is 0 Å². The lowest BCUT2D eigenvalue weighted by Crippen LogP contribution is -2.37. The van der Waals surface area contributed by atoms with E-state index in [0.29, 0.717) is 26.7 Å². The van der Waals surface area contributed by atoms with Crippen molar-refractivity contribution in [3.63, 3.8) is 0 Å². The van der Waals surface area contributed by atoms with Gasteiger partial charge in [-0.3, -0.25) is 0 Å². The minimum absolute atomic E-state index is 0.305. The van der Waals surface area contributed by atoms with E-state index in [1.165, 1.54) is 4.31 Å². The number of hydrogen-bond donors (Lipinski definition) is 0. The molecule has 1 aromatic carbocycles. The molecule has 1 fully saturated rings. The minimum Gasteiger partial charge on any atom is -0.207 e. The van der Waals surface area contributed by atoms with Crippen molar-refractivity contribution in [2.45, 2.75) is 22.6 Å². The standard InChI is InChI=1S/C12H14Br3NO2S/c1-16(7-8-4-10(14)5-8)19(17,18)12-6-9(13)2-3-11(12)15/h2-3,6,8,10H,4-5,7H2,1H3. The van der Waals surface area contributed by atoms with Crippen LogP contribution >= 0.6 is 47.8 Å². The molecule has 0 saturated heterocycles. The molecule has 106 valence electrons. The van der Waals surface area contributed by atoms with Gasteiger partial charge in [-0.05, 0) is 52.9 Å². The zero-order valence-corrected chi connectivity index (χ0v) is 15.9. The van der Waals surface area contributed by atoms with Gasteiger partial charge in [-0.2, -0.15) is 0 Å². The van der Waals surface area contributed by atoms with Crippen LogP contribution in [0.1, 0.15) is 12.8 Å². The summed E-state index contributed by atoms with van der Waals surface area (Å²) in [6.45, 7) is 0.573. The Hall–Kier alpha value is 0.570. The Morgan fingerprint density at radius 3 is 2.53 bits per heavy atom. The zero-order valence-electron chi connectivity index (χ0n) is 10.3. The molecule has 0 atom stereocenters. The minimum atomic E-state index is -3.44. The van der Waals surface area contributed by atoms with Gasteiger partial charge in [0.05, 0.1) is 4.90 Å². The number of benzene rings is 1. The summed E-state index contributed by atoms with van der Waals surface area (Å²) in [5.41, 5.74) is 0. The number of hydrogen-bond acceptors (Lipinski definition) is 2. The van der Waals surface area contributed by atoms with E-state index in [-0.39, 0.29) is 0 Å². The molecule has 7 heteroatoms. The molecule has 19 heavy (non-hydrogen) atoms. The lowest BCUT2D eigenvalue weighted by atomic mass is 9.85. The Morgan fingerprint density at radius 1 is 1.32 bits per heavy atom. The van der Waals surface area contributed by atoms with E-state index < -0.39 is 10.0 Å². The first-order valence-corrected chi connectivity index (χ1v) is 9.80. The summed E-state index contributed by atoms with van der Waals surface area (Å²) in [6, 6.07) is 5.18. The first kappa shape index (κ1) is 15.9. The maximum Gasteiger partial charge on any atom is 0.243 e. The molecule has 0 radical (unpaired) electrons. The molecule has 0 aliphatic heterocycles. The van der Waals surface area contributed by atoms with Gasteiger partial charge in [0.15, 0.2) is 0 Å². The Morgan fingerprint density at radius 2 is 1.95 bits per heavy atom. The van der Waals surface area contributed by atoms with E-state index in [1.807, 2.05) is 6.07 Å². The Bertz CT molecular complexity index is 570. The predicted molar refractivity (Wildman–Crippen MR) is 87.1 cm³/mol. The molecule has 0 spiro atoms. The van der Waals surface area contributed by atoms with E-state index in [1.54, 1.807) is 19.2 Å². The fourth-order valence-electron chi connectivity index (χ4n) is 2.11. The van der Waals surface area contributed by atoms with Gasteiger partial charge in [0.2, 0.25) is 10.0 Å². The molecule has 0 unspecified atom stereocenters. The maximum absolute atomic E-state index is 12.5. The van der Waals surface area contributed by atoms with Crippen LogP contribution in [0.4, 0.5) is 0 Å². The second-order valence-corrected chi connectivity index (χ2v) is 9.87. The average molecular weight is 476 g/mol. The molecule has 0 aromatic heterocycles. The summed E-state index contributed by atoms with van der Waals surface area (Å²) >= 11 is 10.1. The van der Waals surface area contributed by atoms with Crippen molar-refractivity contribution in [2.24, 2.45) is 5.92 Å². The van der Waals surface area contributed by atoms with Crippen molar-refractivity contribution in [3.05, 3.63) is 27.1 Å². The molecule has 1 saturated carbocycles. The van der Waals surface area contributed by atoms with E-state index in [0.717, 1.165) is 17.3 Å². The highest BCUT2D eigenvalue weighted by atomic mass is 79.9. The largest absolute Gasteiger partial charge is 0.243 e. The Balaban J connectivity index is 2.19. The van der Waals surface area contributed by atoms with Crippen molar-refractivity contribution in [1.82, 2.24) is 4.31 Å². The second-order valence-electron chi connectivity index (χ2n) is 4.79. The van der Waals surface area contributed by atoms with Crippen LogP contribution in [0.3, 0.4) is 0 Å². The summed E-state index contributed by atoms with van der Waals surface area (Å²) in [5.74, 6) is 0.454. The van der Waals surface area contributed by atoms with Crippen LogP contribution in [0.25, 0.3) is 0 Å². The average Bonchev–Trinajstić information content (AvgIpc) is 2.30. The quantitative estimate of drug-likeness (QED) is 0.617. The topological polar surface area (TPSA) is 37.4 Å². The maximum atomic E-state index is 12.5. The predicted octanol–water partition coefficient (Wildman–Crippen LogP) is 4.01. The SMILES string of the molecule is CN(CC1CC(Br)C1)S(=O)(=O)c1cc(Br)ccc1Br. The highest BCUT2D eigenvalue weighted by molar-refractivity contribution is 9.11. The van der Waals surface area contributed by atoms with Crippen molar-refractivity contribution in [3.8, 4) is 0 Å². The molecule has 1 aliphatic carbocycles. The molecule has 0 bridgehead atoms. The monoisotopic (exact) mass is 473 g/mol. The zero-order chi connectivity index (χ0) is 14.2. The van der Waals surface area contributed by atoms with Gasteiger partial charge in [0.25, 0.3) is 0 Å². The number of rotatable bonds is 4. The molecule has 1 aromatic rings. The third kappa shape index (κ3) is 3.61. The van der Waals surface area contributed by atoms with Crippen molar-refractivity contribution < 1.29 is 8.42 Å². The van der Waals surface area contributed by atoms with Crippen LogP contribution in [0.5, 0.6) is 0 Å². The van der Waals surface area contributed by atoms with Gasteiger partial charge in [-0.1, -0.05) is 31.9 Å². The Labute approximate surface area is 139 Å². The van der Waals surface area contributed by atoms with Crippen LogP contribution in [0.2, 0.25) is 0 Å². The van der Waals surface area contributed by atoms with Gasteiger partial charge in [0.1, 0.15) is 0 Å². The lowest BCUT2D eigenvalue weighted by Gasteiger charge is -2.34. The van der Waals surface area contributed by atoms with E-state index >= 15 is 0 Å². The van der Waals surface area contributed by atoms with Gasteiger partial charge in [0, 0.05) is 27.4 Å². The van der Waals surface area contributed by atoms with E-state index in [9.17, 15) is 8.42 Å². The van der Waals surface area contributed by atoms with Gasteiger partial charge in [-0.15, -0.1) is 0 Å². The Kier molecular flexibility index (Phi) is 5.15. The van der Waals surface area contributed by atoms with Crippen LogP contribution < -0.4 is 0 Å². The number of alkyl halides is 1. The van der Waals surface area contributed by atoms with Crippen molar-refractivity contribution in [1.29, 1.82) is 0 Å². The fraction of sp³-hybridized carbons (Fsp3) is 0.500. The molecule has 0 heterocycles. The third-order valence-corrected chi connectivity index (χ3v) is 7.33. The molecule has 0 N–H and O–H groups in total. The number of sulfonamides is 1. The van der Waals surface area contributed by atoms with Crippen LogP contribution in [-0.2, 0) is 10.0 Å². The van der Waals surface area contributed by atoms with Gasteiger partial charge in [-0.25, -0.2) is 12.7 Å². The molecule has 1 aliphatic rings. The van der Waals surface area contributed by atoms with Gasteiger partial charge < -0.3 is 0 Å². The lowest BCUT2D eigenvalue weighted by molar-refractivity contribution is 0.275. The summed E-state index contributed by atoms with van der Waals surface area (Å²) in [6.07, 6.45) is 2.08. The summed E-state index contributed by atoms with van der Waals surface area (Å²) in [7, 11) is -1.80. The number of halogens is 3. The molecular weight excluding hydrogens is 462 g/mol. The molecule has 0 amide bonds. The molecule has 3 nitrogen and oxygen atoms in total. The highest BCUT2D eigenvalue weighted by Gasteiger charge is 2.32. The van der Waals surface area contributed by atoms with Crippen molar-refractivity contribution >= 4 is 57.8 Å². The molecule has 2 rings (SSSR count).